The van der Waals surface area contributed by atoms with E-state index in [0.29, 0.717) is 17.9 Å². The lowest BCUT2D eigenvalue weighted by atomic mass is 10.2. The van der Waals surface area contributed by atoms with Crippen LogP contribution in [-0.2, 0) is 9.53 Å². The lowest BCUT2D eigenvalue weighted by Gasteiger charge is -2.36. The van der Waals surface area contributed by atoms with Crippen LogP contribution in [0.15, 0.2) is 36.2 Å². The summed E-state index contributed by atoms with van der Waals surface area (Å²) in [5.74, 6) is 0.256. The zero-order chi connectivity index (χ0) is 16.2. The van der Waals surface area contributed by atoms with Gasteiger partial charge in [-0.2, -0.15) is 5.26 Å². The van der Waals surface area contributed by atoms with Crippen LogP contribution >= 0.6 is 11.6 Å². The number of nitriles is 1. The highest BCUT2D eigenvalue weighted by Crippen LogP contribution is 2.26. The molecule has 7 heteroatoms. The molecule has 2 unspecified atom stereocenters. The predicted octanol–water partition coefficient (Wildman–Crippen LogP) is 2.26. The number of nitrogens with zero attached hydrogens (tertiary/aromatic N) is 2. The van der Waals surface area contributed by atoms with E-state index >= 15 is 0 Å². The van der Waals surface area contributed by atoms with Crippen molar-refractivity contribution in [2.75, 3.05) is 6.61 Å². The quantitative estimate of drug-likeness (QED) is 0.859. The summed E-state index contributed by atoms with van der Waals surface area (Å²) in [6, 6.07) is 8.86. The number of carbonyl (C=O) groups excluding carboxylic acids is 1. The highest BCUT2D eigenvalue weighted by molar-refractivity contribution is 6.32. The van der Waals surface area contributed by atoms with Gasteiger partial charge in [-0.25, -0.2) is 0 Å². The number of halogens is 1. The van der Waals surface area contributed by atoms with E-state index in [4.69, 9.17) is 26.3 Å². The normalized spacial score (nSPS) is 24.4. The first-order chi connectivity index (χ1) is 11.2. The molecule has 1 aromatic rings. The van der Waals surface area contributed by atoms with Crippen LogP contribution in [-0.4, -0.2) is 29.1 Å². The molecule has 3 rings (SSSR count). The van der Waals surface area contributed by atoms with Crippen molar-refractivity contribution in [3.8, 4) is 11.8 Å². The largest absolute Gasteiger partial charge is 0.457 e. The van der Waals surface area contributed by atoms with E-state index in [-0.39, 0.29) is 17.9 Å². The number of rotatable bonds is 3. The molecule has 0 aliphatic carbocycles. The Labute approximate surface area is 139 Å². The van der Waals surface area contributed by atoms with Crippen molar-refractivity contribution in [2.45, 2.75) is 30.9 Å². The number of amides is 1. The summed E-state index contributed by atoms with van der Waals surface area (Å²) >= 11 is 6.13. The van der Waals surface area contributed by atoms with Crippen LogP contribution in [0.25, 0.3) is 0 Å². The Kier molecular flexibility index (Phi) is 4.70. The van der Waals surface area contributed by atoms with E-state index in [1.807, 2.05) is 0 Å². The molecule has 1 aromatic carbocycles. The molecule has 0 radical (unpaired) electrons. The molecule has 6 nitrogen and oxygen atoms in total. The molecule has 1 N–H and O–H groups in total. The number of hydrogen-bond donors (Lipinski definition) is 1. The van der Waals surface area contributed by atoms with Crippen LogP contribution in [0.5, 0.6) is 5.75 Å². The fraction of sp³-hybridized carbons (Fsp3) is 0.375. The molecule has 0 aromatic heterocycles. The standard InChI is InChI=1S/C16H16ClN3O3/c17-15-13(23-12-6-2-1-5-11(12)9-18)10-20(19-16(15)21)14-7-3-4-8-22-14/h1-2,5-6,10,14-15H,3-4,7-8H2,(H,19,21). The molecule has 23 heavy (non-hydrogen) atoms. The Balaban J connectivity index is 1.84. The Morgan fingerprint density at radius 1 is 1.39 bits per heavy atom. The lowest BCUT2D eigenvalue weighted by molar-refractivity contribution is -0.137. The number of benzene rings is 1. The number of ether oxygens (including phenoxy) is 2. The van der Waals surface area contributed by atoms with Gasteiger partial charge in [-0.05, 0) is 31.4 Å². The molecule has 2 aliphatic heterocycles. The molecule has 1 fully saturated rings. The van der Waals surface area contributed by atoms with Crippen molar-refractivity contribution in [2.24, 2.45) is 0 Å². The second-order valence-corrected chi connectivity index (χ2v) is 5.75. The minimum atomic E-state index is -0.957. The predicted molar refractivity (Wildman–Crippen MR) is 83.1 cm³/mol. The molecule has 0 bridgehead atoms. The molecular weight excluding hydrogens is 318 g/mol. The van der Waals surface area contributed by atoms with Gasteiger partial charge in [0.1, 0.15) is 23.8 Å². The van der Waals surface area contributed by atoms with Gasteiger partial charge in [0.05, 0.1) is 11.8 Å². The van der Waals surface area contributed by atoms with Gasteiger partial charge in [-0.15, -0.1) is 11.6 Å². The van der Waals surface area contributed by atoms with Gasteiger partial charge >= 0.3 is 0 Å². The summed E-state index contributed by atoms with van der Waals surface area (Å²) in [7, 11) is 0. The lowest BCUT2D eigenvalue weighted by Crippen LogP contribution is -2.53. The Morgan fingerprint density at radius 2 is 2.22 bits per heavy atom. The second-order valence-electron chi connectivity index (χ2n) is 5.31. The third-order valence-corrected chi connectivity index (χ3v) is 4.10. The smallest absolute Gasteiger partial charge is 0.264 e. The van der Waals surface area contributed by atoms with Crippen LogP contribution < -0.4 is 10.2 Å². The van der Waals surface area contributed by atoms with Crippen molar-refractivity contribution in [3.05, 3.63) is 41.8 Å². The maximum atomic E-state index is 12.1. The summed E-state index contributed by atoms with van der Waals surface area (Å²) in [5.41, 5.74) is 3.07. The van der Waals surface area contributed by atoms with Crippen molar-refractivity contribution in [1.29, 1.82) is 5.26 Å². The number of para-hydroxylation sites is 1. The van der Waals surface area contributed by atoms with Crippen LogP contribution in [0.1, 0.15) is 24.8 Å². The average molecular weight is 334 g/mol. The zero-order valence-corrected chi connectivity index (χ0v) is 13.1. The van der Waals surface area contributed by atoms with Crippen LogP contribution in [0.3, 0.4) is 0 Å². The molecule has 0 saturated carbocycles. The minimum absolute atomic E-state index is 0.235. The summed E-state index contributed by atoms with van der Waals surface area (Å²) in [5, 5.41) is 9.76. The van der Waals surface area contributed by atoms with Crippen molar-refractivity contribution >= 4 is 17.5 Å². The topological polar surface area (TPSA) is 74.6 Å². The summed E-state index contributed by atoms with van der Waals surface area (Å²) in [4.78, 5) is 12.1. The summed E-state index contributed by atoms with van der Waals surface area (Å²) < 4.78 is 11.4. The van der Waals surface area contributed by atoms with Crippen LogP contribution in [0, 0.1) is 11.3 Å². The summed E-state index contributed by atoms with van der Waals surface area (Å²) in [6.07, 6.45) is 4.25. The third kappa shape index (κ3) is 3.41. The molecule has 120 valence electrons. The van der Waals surface area contributed by atoms with Gasteiger partial charge in [0.2, 0.25) is 0 Å². The number of carbonyl (C=O) groups is 1. The van der Waals surface area contributed by atoms with Crippen molar-refractivity contribution in [3.63, 3.8) is 0 Å². The Hall–Kier alpha value is -2.23. The maximum Gasteiger partial charge on any atom is 0.264 e. The van der Waals surface area contributed by atoms with Gasteiger partial charge in [-0.1, -0.05) is 12.1 Å². The Morgan fingerprint density at radius 3 is 2.96 bits per heavy atom. The van der Waals surface area contributed by atoms with Crippen LogP contribution in [0.2, 0.25) is 0 Å². The van der Waals surface area contributed by atoms with E-state index in [2.05, 4.69) is 11.5 Å². The molecular formula is C16H16ClN3O3. The fourth-order valence-corrected chi connectivity index (χ4v) is 2.65. The number of hydrazine groups is 1. The number of nitrogens with one attached hydrogen (secondary N) is 1. The molecule has 2 atom stereocenters. The van der Waals surface area contributed by atoms with Crippen molar-refractivity contribution < 1.29 is 14.3 Å². The molecule has 0 spiro atoms. The van der Waals surface area contributed by atoms with E-state index < -0.39 is 5.38 Å². The molecule has 1 saturated heterocycles. The van der Waals surface area contributed by atoms with E-state index in [0.717, 1.165) is 19.3 Å². The van der Waals surface area contributed by atoms with E-state index in [9.17, 15) is 4.79 Å². The highest BCUT2D eigenvalue weighted by atomic mass is 35.5. The van der Waals surface area contributed by atoms with Crippen molar-refractivity contribution in [1.82, 2.24) is 10.4 Å². The molecule has 1 amide bonds. The monoisotopic (exact) mass is 333 g/mol. The van der Waals surface area contributed by atoms with Gasteiger partial charge < -0.3 is 9.47 Å². The molecule has 2 heterocycles. The van der Waals surface area contributed by atoms with Gasteiger partial charge in [-0.3, -0.25) is 15.2 Å². The zero-order valence-electron chi connectivity index (χ0n) is 12.4. The first kappa shape index (κ1) is 15.7. The third-order valence-electron chi connectivity index (χ3n) is 3.69. The van der Waals surface area contributed by atoms with Gasteiger partial charge in [0, 0.05) is 6.61 Å². The van der Waals surface area contributed by atoms with Gasteiger partial charge in [0.15, 0.2) is 5.38 Å². The SMILES string of the molecule is N#Cc1ccccc1OC1=CN(C2CCCCO2)NC(=O)C1Cl. The first-order valence-electron chi connectivity index (χ1n) is 7.42. The molecule has 2 aliphatic rings. The second kappa shape index (κ2) is 6.90. The highest BCUT2D eigenvalue weighted by Gasteiger charge is 2.33. The minimum Gasteiger partial charge on any atom is -0.457 e. The fourth-order valence-electron chi connectivity index (χ4n) is 2.50. The van der Waals surface area contributed by atoms with Crippen LogP contribution in [0.4, 0.5) is 0 Å². The number of alkyl halides is 1. The Bertz CT molecular complexity index is 665. The van der Waals surface area contributed by atoms with E-state index in [1.54, 1.807) is 35.5 Å². The summed E-state index contributed by atoms with van der Waals surface area (Å²) in [6.45, 7) is 0.655. The van der Waals surface area contributed by atoms with Gasteiger partial charge in [0.25, 0.3) is 5.91 Å². The average Bonchev–Trinajstić information content (AvgIpc) is 2.60. The van der Waals surface area contributed by atoms with E-state index in [1.165, 1.54) is 0 Å². The maximum absolute atomic E-state index is 12.1. The first-order valence-corrected chi connectivity index (χ1v) is 7.86. The number of hydrogen-bond acceptors (Lipinski definition) is 5.